The van der Waals surface area contributed by atoms with Gasteiger partial charge in [0, 0.05) is 37.9 Å². The highest BCUT2D eigenvalue weighted by Gasteiger charge is 2.31. The van der Waals surface area contributed by atoms with Crippen LogP contribution in [0.3, 0.4) is 0 Å². The molecule has 1 saturated heterocycles. The summed E-state index contributed by atoms with van der Waals surface area (Å²) in [5.74, 6) is 0. The van der Waals surface area contributed by atoms with Crippen molar-refractivity contribution in [1.29, 1.82) is 0 Å². The first-order chi connectivity index (χ1) is 12.4. The van der Waals surface area contributed by atoms with Gasteiger partial charge in [-0.25, -0.2) is 0 Å². The molecule has 7 heteroatoms. The second-order valence-corrected chi connectivity index (χ2v) is 6.67. The molecule has 0 saturated carbocycles. The molecule has 0 aromatic heterocycles. The smallest absolute Gasteiger partial charge is 0.387 e. The summed E-state index contributed by atoms with van der Waals surface area (Å²) in [6.45, 7) is 4.64. The predicted octanol–water partition coefficient (Wildman–Crippen LogP) is 4.37. The summed E-state index contributed by atoms with van der Waals surface area (Å²) < 4.78 is 38.7. The molecule has 27 heavy (non-hydrogen) atoms. The monoisotopic (exact) mass is 400 g/mol. The number of nitrogens with zero attached hydrogens (tertiary/aromatic N) is 2. The van der Waals surface area contributed by atoms with Gasteiger partial charge in [-0.3, -0.25) is 4.90 Å². The van der Waals surface area contributed by atoms with Crippen LogP contribution < -0.4 is 4.90 Å². The summed E-state index contributed by atoms with van der Waals surface area (Å²) in [5, 5.41) is 10.6. The largest absolute Gasteiger partial charge is 0.416 e. The van der Waals surface area contributed by atoms with Crippen molar-refractivity contribution in [1.82, 2.24) is 4.90 Å². The molecule has 1 aliphatic heterocycles. The van der Waals surface area contributed by atoms with E-state index in [9.17, 15) is 18.3 Å². The first kappa shape index (κ1) is 21.5. The zero-order chi connectivity index (χ0) is 18.7. The first-order valence-electron chi connectivity index (χ1n) is 8.75. The maximum atomic E-state index is 12.9. The molecular weight excluding hydrogens is 377 g/mol. The topological polar surface area (TPSA) is 26.7 Å². The minimum Gasteiger partial charge on any atom is -0.387 e. The molecule has 2 aromatic carbocycles. The lowest BCUT2D eigenvalue weighted by Gasteiger charge is -2.40. The number of hydrogen-bond donors (Lipinski definition) is 1. The highest BCUT2D eigenvalue weighted by molar-refractivity contribution is 5.85. The van der Waals surface area contributed by atoms with Gasteiger partial charge in [-0.05, 0) is 30.7 Å². The van der Waals surface area contributed by atoms with Gasteiger partial charge in [0.1, 0.15) is 0 Å². The minimum atomic E-state index is -4.33. The minimum absolute atomic E-state index is 0. The van der Waals surface area contributed by atoms with Gasteiger partial charge in [0.15, 0.2) is 0 Å². The molecule has 1 aliphatic rings. The molecule has 0 aliphatic carbocycles. The van der Waals surface area contributed by atoms with Gasteiger partial charge in [0.25, 0.3) is 0 Å². The molecule has 1 fully saturated rings. The van der Waals surface area contributed by atoms with E-state index in [1.165, 1.54) is 12.1 Å². The second kappa shape index (κ2) is 8.95. The van der Waals surface area contributed by atoms with Crippen LogP contribution in [0, 0.1) is 0 Å². The molecule has 0 radical (unpaired) electrons. The Kier molecular flexibility index (Phi) is 7.14. The number of halogens is 4. The third kappa shape index (κ3) is 5.15. The fourth-order valence-electron chi connectivity index (χ4n) is 3.39. The van der Waals surface area contributed by atoms with Gasteiger partial charge in [-0.15, -0.1) is 12.4 Å². The maximum absolute atomic E-state index is 12.9. The van der Waals surface area contributed by atoms with Crippen molar-refractivity contribution < 1.29 is 18.3 Å². The Morgan fingerprint density at radius 3 is 2.15 bits per heavy atom. The van der Waals surface area contributed by atoms with Crippen LogP contribution in [0.1, 0.15) is 24.2 Å². The lowest BCUT2D eigenvalue weighted by atomic mass is 10.0. The van der Waals surface area contributed by atoms with Crippen LogP contribution in [0.15, 0.2) is 54.6 Å². The summed E-state index contributed by atoms with van der Waals surface area (Å²) in [7, 11) is 0. The van der Waals surface area contributed by atoms with Gasteiger partial charge in [0.2, 0.25) is 0 Å². The van der Waals surface area contributed by atoms with Crippen LogP contribution in [-0.4, -0.2) is 42.2 Å². The molecule has 3 rings (SSSR count). The second-order valence-electron chi connectivity index (χ2n) is 6.67. The zero-order valence-electron chi connectivity index (χ0n) is 15.1. The quantitative estimate of drug-likeness (QED) is 0.825. The van der Waals surface area contributed by atoms with Crippen LogP contribution in [0.25, 0.3) is 0 Å². The third-order valence-electron chi connectivity index (χ3n) is 5.03. The van der Waals surface area contributed by atoms with E-state index in [2.05, 4.69) is 4.90 Å². The van der Waals surface area contributed by atoms with Crippen LogP contribution in [0.5, 0.6) is 0 Å². The number of rotatable bonds is 4. The number of benzene rings is 2. The average Bonchev–Trinajstić information content (AvgIpc) is 2.67. The molecule has 1 heterocycles. The van der Waals surface area contributed by atoms with Crippen LogP contribution in [-0.2, 0) is 6.18 Å². The molecule has 1 N–H and O–H groups in total. The van der Waals surface area contributed by atoms with Crippen molar-refractivity contribution in [2.24, 2.45) is 0 Å². The molecule has 0 bridgehead atoms. The summed E-state index contributed by atoms with van der Waals surface area (Å²) in [6.07, 6.45) is -4.91. The molecule has 0 amide bonds. The normalized spacial score (nSPS) is 17.9. The summed E-state index contributed by atoms with van der Waals surface area (Å²) in [6, 6.07) is 14.9. The third-order valence-corrected chi connectivity index (χ3v) is 5.03. The summed E-state index contributed by atoms with van der Waals surface area (Å²) in [4.78, 5) is 4.15. The Bertz CT molecular complexity index is 719. The van der Waals surface area contributed by atoms with Crippen molar-refractivity contribution in [3.63, 3.8) is 0 Å². The molecule has 148 valence electrons. The summed E-state index contributed by atoms with van der Waals surface area (Å²) in [5.41, 5.74) is 0.848. The number of hydrogen-bond acceptors (Lipinski definition) is 3. The number of piperazine rings is 1. The van der Waals surface area contributed by atoms with Crippen LogP contribution in [0.2, 0.25) is 0 Å². The number of aliphatic hydroxyl groups is 1. The van der Waals surface area contributed by atoms with Gasteiger partial charge in [0.05, 0.1) is 11.7 Å². The van der Waals surface area contributed by atoms with Crippen molar-refractivity contribution in [3.8, 4) is 0 Å². The van der Waals surface area contributed by atoms with Crippen molar-refractivity contribution in [2.45, 2.75) is 25.2 Å². The number of anilines is 1. The average molecular weight is 401 g/mol. The Morgan fingerprint density at radius 2 is 1.56 bits per heavy atom. The predicted molar refractivity (Wildman–Crippen MR) is 103 cm³/mol. The van der Waals surface area contributed by atoms with Crippen LogP contribution >= 0.6 is 12.4 Å². The van der Waals surface area contributed by atoms with Gasteiger partial charge >= 0.3 is 6.18 Å². The lowest BCUT2D eigenvalue weighted by Crippen LogP contribution is -2.51. The van der Waals surface area contributed by atoms with Gasteiger partial charge in [-0.2, -0.15) is 13.2 Å². The fourth-order valence-corrected chi connectivity index (χ4v) is 3.39. The van der Waals surface area contributed by atoms with E-state index in [0.717, 1.165) is 11.6 Å². The van der Waals surface area contributed by atoms with Crippen molar-refractivity contribution >= 4 is 18.1 Å². The molecule has 0 spiro atoms. The first-order valence-corrected chi connectivity index (χ1v) is 8.75. The van der Waals surface area contributed by atoms with Crippen LogP contribution in [0.4, 0.5) is 18.9 Å². The standard InChI is InChI=1S/C20H23F3N2O.ClH/c1-15(19(26)16-6-3-2-4-7-16)24-10-12-25(13-11-24)18-9-5-8-17(14-18)20(21,22)23;/h2-9,14-15,19,26H,10-13H2,1H3;1H. The highest BCUT2D eigenvalue weighted by atomic mass is 35.5. The van der Waals surface area contributed by atoms with E-state index in [-0.39, 0.29) is 18.4 Å². The Hall–Kier alpha value is -1.76. The van der Waals surface area contributed by atoms with Gasteiger partial charge in [-0.1, -0.05) is 36.4 Å². The maximum Gasteiger partial charge on any atom is 0.416 e. The SMILES string of the molecule is CC(C(O)c1ccccc1)N1CCN(c2cccc(C(F)(F)F)c2)CC1.Cl. The lowest BCUT2D eigenvalue weighted by molar-refractivity contribution is -0.137. The van der Waals surface area contributed by atoms with E-state index in [1.807, 2.05) is 42.2 Å². The molecule has 3 nitrogen and oxygen atoms in total. The molecule has 2 atom stereocenters. The Balaban J connectivity index is 0.00000261. The molecule has 2 unspecified atom stereocenters. The molecule has 2 aromatic rings. The van der Waals surface area contributed by atoms with E-state index < -0.39 is 17.8 Å². The van der Waals surface area contributed by atoms with Crippen molar-refractivity contribution in [2.75, 3.05) is 31.1 Å². The zero-order valence-corrected chi connectivity index (χ0v) is 15.9. The van der Waals surface area contributed by atoms with E-state index in [4.69, 9.17) is 0 Å². The number of aliphatic hydroxyl groups excluding tert-OH is 1. The van der Waals surface area contributed by atoms with E-state index in [0.29, 0.717) is 31.9 Å². The molecular formula is C20H24ClF3N2O. The highest BCUT2D eigenvalue weighted by Crippen LogP contribution is 2.32. The van der Waals surface area contributed by atoms with E-state index >= 15 is 0 Å². The Labute approximate surface area is 163 Å². The van der Waals surface area contributed by atoms with Gasteiger partial charge < -0.3 is 10.0 Å². The van der Waals surface area contributed by atoms with E-state index in [1.54, 1.807) is 6.07 Å². The van der Waals surface area contributed by atoms with Crippen molar-refractivity contribution in [3.05, 3.63) is 65.7 Å². The number of alkyl halides is 3. The fraction of sp³-hybridized carbons (Fsp3) is 0.400. The Morgan fingerprint density at radius 1 is 0.926 bits per heavy atom. The summed E-state index contributed by atoms with van der Waals surface area (Å²) >= 11 is 0.